The van der Waals surface area contributed by atoms with E-state index in [4.69, 9.17) is 0 Å². The first-order valence-electron chi connectivity index (χ1n) is 10.1. The lowest BCUT2D eigenvalue weighted by molar-refractivity contribution is 0.0992. The first-order valence-corrected chi connectivity index (χ1v) is 11.6. The van der Waals surface area contributed by atoms with Crippen LogP contribution in [0, 0.1) is 6.92 Å². The number of nitrogens with zero attached hydrogens (tertiary/aromatic N) is 2. The van der Waals surface area contributed by atoms with Crippen molar-refractivity contribution in [3.05, 3.63) is 89.0 Å². The Kier molecular flexibility index (Phi) is 5.97. The Morgan fingerprint density at radius 3 is 2.33 bits per heavy atom. The summed E-state index contributed by atoms with van der Waals surface area (Å²) in [5, 5.41) is 28.0. The molecule has 0 fully saturated rings. The molecule has 0 unspecified atom stereocenters. The highest BCUT2D eigenvalue weighted by atomic mass is 32.2. The van der Waals surface area contributed by atoms with Gasteiger partial charge in [0, 0.05) is 5.56 Å². The van der Waals surface area contributed by atoms with Crippen LogP contribution in [-0.2, 0) is 22.9 Å². The molecule has 1 amide bonds. The molecule has 3 N–H and O–H groups in total. The van der Waals surface area contributed by atoms with E-state index >= 15 is 0 Å². The van der Waals surface area contributed by atoms with Crippen LogP contribution in [0.15, 0.2) is 81.9 Å². The van der Waals surface area contributed by atoms with Gasteiger partial charge in [0.15, 0.2) is 0 Å². The molecule has 0 aromatic heterocycles. The van der Waals surface area contributed by atoms with Crippen molar-refractivity contribution < 1.29 is 23.4 Å². The van der Waals surface area contributed by atoms with E-state index in [1.807, 2.05) is 19.1 Å². The molecule has 0 spiro atoms. The summed E-state index contributed by atoms with van der Waals surface area (Å²) in [6, 6.07) is 13.7. The smallest absolute Gasteiger partial charge is 0.299 e. The number of aromatic hydroxyl groups is 2. The van der Waals surface area contributed by atoms with Crippen molar-refractivity contribution in [1.82, 2.24) is 0 Å². The number of anilines is 1. The van der Waals surface area contributed by atoms with Gasteiger partial charge < -0.3 is 10.2 Å². The number of benzene rings is 3. The summed E-state index contributed by atoms with van der Waals surface area (Å²) in [4.78, 5) is 12.4. The number of carbonyl (C=O) groups excluding carboxylic acids is 1. The molecule has 9 heteroatoms. The summed E-state index contributed by atoms with van der Waals surface area (Å²) in [7, 11) is -3.90. The lowest BCUT2D eigenvalue weighted by Gasteiger charge is -2.20. The molecule has 0 saturated heterocycles. The number of phenolic OH excluding ortho intramolecular Hbond substituents is 2. The average Bonchev–Trinajstić information content (AvgIpc) is 2.80. The average molecular weight is 464 g/mol. The molecule has 8 nitrogen and oxygen atoms in total. The van der Waals surface area contributed by atoms with Gasteiger partial charge in [0.1, 0.15) is 17.2 Å². The number of azo groups is 1. The predicted octanol–water partition coefficient (Wildman–Crippen LogP) is 4.79. The number of amides is 1. The largest absolute Gasteiger partial charge is 0.507 e. The maximum absolute atomic E-state index is 13.0. The minimum absolute atomic E-state index is 0.0399. The van der Waals surface area contributed by atoms with E-state index in [9.17, 15) is 23.4 Å². The minimum atomic E-state index is -3.90. The number of carbonyl (C=O) groups is 1. The highest BCUT2D eigenvalue weighted by Crippen LogP contribution is 2.41. The van der Waals surface area contributed by atoms with E-state index in [2.05, 4.69) is 15.0 Å². The zero-order valence-corrected chi connectivity index (χ0v) is 18.5. The Morgan fingerprint density at radius 1 is 0.970 bits per heavy atom. The number of aryl methyl sites for hydroxylation is 1. The Balaban J connectivity index is 1.73. The molecule has 168 valence electrons. The summed E-state index contributed by atoms with van der Waals surface area (Å²) in [5.41, 5.74) is 2.20. The first kappa shape index (κ1) is 22.2. The van der Waals surface area contributed by atoms with Gasteiger partial charge in [0.05, 0.1) is 16.1 Å². The quantitative estimate of drug-likeness (QED) is 0.285. The molecule has 4 rings (SSSR count). The molecule has 0 aliphatic heterocycles. The van der Waals surface area contributed by atoms with Crippen LogP contribution in [0.1, 0.15) is 27.0 Å². The zero-order valence-electron chi connectivity index (χ0n) is 17.7. The van der Waals surface area contributed by atoms with E-state index in [1.54, 1.807) is 24.3 Å². The summed E-state index contributed by atoms with van der Waals surface area (Å²) < 4.78 is 28.5. The van der Waals surface area contributed by atoms with Crippen LogP contribution in [0.2, 0.25) is 0 Å². The van der Waals surface area contributed by atoms with Crippen molar-refractivity contribution >= 4 is 27.3 Å². The third kappa shape index (κ3) is 4.63. The maximum atomic E-state index is 13.0. The van der Waals surface area contributed by atoms with Crippen molar-refractivity contribution in [2.24, 2.45) is 10.2 Å². The Morgan fingerprint density at radius 2 is 1.64 bits per heavy atom. The van der Waals surface area contributed by atoms with Crippen molar-refractivity contribution in [1.29, 1.82) is 0 Å². The Labute approximate surface area is 191 Å². The summed E-state index contributed by atoms with van der Waals surface area (Å²) in [5.74, 6) is -1.22. The second-order valence-electron chi connectivity index (χ2n) is 7.57. The first-order chi connectivity index (χ1) is 15.8. The molecule has 0 heterocycles. The number of phenols is 2. The molecule has 0 bridgehead atoms. The van der Waals surface area contributed by atoms with Gasteiger partial charge in [-0.3, -0.25) is 9.52 Å². The molecule has 1 aliphatic carbocycles. The fraction of sp³-hybridized carbons (Fsp3) is 0.125. The molecule has 3 aromatic rings. The van der Waals surface area contributed by atoms with Crippen LogP contribution < -0.4 is 4.72 Å². The zero-order chi connectivity index (χ0) is 23.6. The third-order valence-electron chi connectivity index (χ3n) is 5.27. The fourth-order valence-corrected chi connectivity index (χ4v) is 4.59. The number of rotatable bonds is 5. The molecule has 3 aromatic carbocycles. The highest BCUT2D eigenvalue weighted by molar-refractivity contribution is 7.92. The molecule has 0 atom stereocenters. The Hall–Kier alpha value is -3.98. The van der Waals surface area contributed by atoms with Crippen molar-refractivity contribution in [3.8, 4) is 11.5 Å². The van der Waals surface area contributed by atoms with Crippen molar-refractivity contribution in [3.63, 3.8) is 0 Å². The van der Waals surface area contributed by atoms with Gasteiger partial charge in [-0.1, -0.05) is 42.0 Å². The van der Waals surface area contributed by atoms with Gasteiger partial charge >= 0.3 is 0 Å². The maximum Gasteiger partial charge on any atom is 0.299 e. The molecular weight excluding hydrogens is 442 g/mol. The fourth-order valence-electron chi connectivity index (χ4n) is 3.50. The van der Waals surface area contributed by atoms with E-state index < -0.39 is 15.9 Å². The highest BCUT2D eigenvalue weighted by Gasteiger charge is 2.23. The lowest BCUT2D eigenvalue weighted by Crippen LogP contribution is -2.15. The van der Waals surface area contributed by atoms with Crippen LogP contribution in [0.3, 0.4) is 0 Å². The number of hydrogen-bond donors (Lipinski definition) is 3. The van der Waals surface area contributed by atoms with Gasteiger partial charge in [-0.25, -0.2) is 8.42 Å². The van der Waals surface area contributed by atoms with Crippen LogP contribution in [0.5, 0.6) is 11.5 Å². The number of sulfonamides is 1. The number of hydrogen-bond acceptors (Lipinski definition) is 6. The van der Waals surface area contributed by atoms with Gasteiger partial charge in [0.2, 0.25) is 0 Å². The van der Waals surface area contributed by atoms with Crippen LogP contribution in [0.4, 0.5) is 11.4 Å². The number of fused-ring (bicyclic) bond motifs is 1. The summed E-state index contributed by atoms with van der Waals surface area (Å²) in [6.07, 6.45) is 4.53. The van der Waals surface area contributed by atoms with Crippen LogP contribution in [-0.4, -0.2) is 24.5 Å². The second kappa shape index (κ2) is 8.87. The van der Waals surface area contributed by atoms with Crippen LogP contribution >= 0.6 is 0 Å². The summed E-state index contributed by atoms with van der Waals surface area (Å²) >= 11 is 0. The predicted molar refractivity (Wildman–Crippen MR) is 124 cm³/mol. The number of para-hydroxylation sites is 1. The molecular formula is C24H21N3O5S. The molecule has 0 radical (unpaired) electrons. The van der Waals surface area contributed by atoms with Gasteiger partial charge in [-0.05, 0) is 55.7 Å². The number of allylic oxidation sites excluding steroid dienone is 2. The number of nitrogens with one attached hydrogen (secondary N) is 1. The molecule has 33 heavy (non-hydrogen) atoms. The van der Waals surface area contributed by atoms with E-state index in [-0.39, 0.29) is 33.3 Å². The summed E-state index contributed by atoms with van der Waals surface area (Å²) in [6.45, 7) is 1.86. The molecule has 0 saturated carbocycles. The standard InChI is InChI=1S/C24H21N3O5S/c1-15-10-12-16(13-11-15)33(31,32)27-20-14-21(23(29)18-7-3-2-6-17(18)20)25-26-24(30)19-8-4-5-9-22(19)28/h2-5,8-14,27-29H,6-7H2,1H3. The third-order valence-corrected chi connectivity index (χ3v) is 6.65. The monoisotopic (exact) mass is 463 g/mol. The van der Waals surface area contributed by atoms with Crippen molar-refractivity contribution in [2.45, 2.75) is 24.7 Å². The molecule has 1 aliphatic rings. The van der Waals surface area contributed by atoms with Gasteiger partial charge in [-0.2, -0.15) is 0 Å². The van der Waals surface area contributed by atoms with E-state index in [1.165, 1.54) is 30.3 Å². The normalized spacial score (nSPS) is 13.1. The lowest BCUT2D eigenvalue weighted by atomic mass is 9.93. The van der Waals surface area contributed by atoms with E-state index in [0.717, 1.165) is 5.56 Å². The van der Waals surface area contributed by atoms with Crippen LogP contribution in [0.25, 0.3) is 0 Å². The van der Waals surface area contributed by atoms with Gasteiger partial charge in [0.25, 0.3) is 15.9 Å². The SMILES string of the molecule is Cc1ccc(S(=O)(=O)Nc2cc(N=NC(=O)c3ccccc3O)c(O)c3c2CC=CC3)cc1. The minimum Gasteiger partial charge on any atom is -0.507 e. The Bertz CT molecular complexity index is 1390. The van der Waals surface area contributed by atoms with E-state index in [0.29, 0.717) is 24.0 Å². The topological polar surface area (TPSA) is 128 Å². The van der Waals surface area contributed by atoms with Crippen molar-refractivity contribution in [2.75, 3.05) is 4.72 Å². The van der Waals surface area contributed by atoms with Gasteiger partial charge in [-0.15, -0.1) is 10.2 Å². The second-order valence-corrected chi connectivity index (χ2v) is 9.25.